The summed E-state index contributed by atoms with van der Waals surface area (Å²) in [7, 11) is 0. The second-order valence-electron chi connectivity index (χ2n) is 9.03. The summed E-state index contributed by atoms with van der Waals surface area (Å²) in [6.45, 7) is 10.4. The molecule has 176 valence electrons. The summed E-state index contributed by atoms with van der Waals surface area (Å²) in [4.78, 5) is 18.4. The Balaban J connectivity index is 1.57. The van der Waals surface area contributed by atoms with Gasteiger partial charge in [0.15, 0.2) is 11.4 Å². The molecule has 35 heavy (non-hydrogen) atoms. The molecule has 0 amide bonds. The number of ether oxygens (including phenoxy) is 1. The van der Waals surface area contributed by atoms with E-state index in [2.05, 4.69) is 45.0 Å². The Morgan fingerprint density at radius 2 is 1.69 bits per heavy atom. The lowest BCUT2D eigenvalue weighted by atomic mass is 10.1. The normalized spacial score (nSPS) is 11.2. The summed E-state index contributed by atoms with van der Waals surface area (Å²) in [5.41, 5.74) is 8.58. The largest absolute Gasteiger partial charge is 0.485 e. The molecule has 0 atom stereocenters. The molecule has 3 heterocycles. The first kappa shape index (κ1) is 22.6. The average molecular weight is 465 g/mol. The lowest BCUT2D eigenvalue weighted by Gasteiger charge is -2.12. The molecule has 0 aliphatic heterocycles. The predicted molar refractivity (Wildman–Crippen MR) is 138 cm³/mol. The molecule has 6 heteroatoms. The van der Waals surface area contributed by atoms with Gasteiger partial charge in [0.25, 0.3) is 5.56 Å². The number of hydrogen-bond donors (Lipinski definition) is 0. The summed E-state index contributed by atoms with van der Waals surface area (Å²) in [6, 6.07) is 19.9. The van der Waals surface area contributed by atoms with Crippen LogP contribution in [0.3, 0.4) is 0 Å². The van der Waals surface area contributed by atoms with Crippen LogP contribution in [0.1, 0.15) is 33.6 Å². The maximum absolute atomic E-state index is 13.6. The SMILES string of the molecule is Cc1ccc(-n2nc(-c3c(C)nc4c(OCc5ccccc5C)cccn4c3=O)cc2C)c(C)c1. The van der Waals surface area contributed by atoms with E-state index >= 15 is 0 Å². The van der Waals surface area contributed by atoms with Gasteiger partial charge in [0, 0.05) is 11.9 Å². The van der Waals surface area contributed by atoms with Crippen LogP contribution in [0.5, 0.6) is 5.75 Å². The van der Waals surface area contributed by atoms with E-state index in [0.717, 1.165) is 28.1 Å². The van der Waals surface area contributed by atoms with Gasteiger partial charge in [-0.1, -0.05) is 42.0 Å². The Hall–Kier alpha value is -4.19. The number of rotatable bonds is 5. The van der Waals surface area contributed by atoms with Gasteiger partial charge in [-0.05, 0) is 75.6 Å². The number of fused-ring (bicyclic) bond motifs is 1. The molecular formula is C29H28N4O2. The molecule has 6 nitrogen and oxygen atoms in total. The highest BCUT2D eigenvalue weighted by Crippen LogP contribution is 2.25. The number of aryl methyl sites for hydroxylation is 5. The Bertz CT molecular complexity index is 1630. The minimum Gasteiger partial charge on any atom is -0.485 e. The fourth-order valence-corrected chi connectivity index (χ4v) is 4.46. The second-order valence-corrected chi connectivity index (χ2v) is 9.03. The van der Waals surface area contributed by atoms with Gasteiger partial charge in [-0.15, -0.1) is 0 Å². The summed E-state index contributed by atoms with van der Waals surface area (Å²) in [5, 5.41) is 4.81. The van der Waals surface area contributed by atoms with E-state index in [1.807, 2.05) is 54.9 Å². The molecule has 0 fully saturated rings. The highest BCUT2D eigenvalue weighted by Gasteiger charge is 2.19. The topological polar surface area (TPSA) is 61.4 Å². The molecule has 0 saturated carbocycles. The number of nitrogens with zero attached hydrogens (tertiary/aromatic N) is 4. The molecule has 0 spiro atoms. The van der Waals surface area contributed by atoms with Crippen molar-refractivity contribution in [3.63, 3.8) is 0 Å². The van der Waals surface area contributed by atoms with Gasteiger partial charge in [-0.25, -0.2) is 9.67 Å². The first-order valence-electron chi connectivity index (χ1n) is 11.7. The van der Waals surface area contributed by atoms with Crippen LogP contribution in [0.25, 0.3) is 22.6 Å². The van der Waals surface area contributed by atoms with E-state index in [1.165, 1.54) is 5.56 Å². The van der Waals surface area contributed by atoms with Gasteiger partial charge in [-0.2, -0.15) is 5.10 Å². The van der Waals surface area contributed by atoms with Gasteiger partial charge in [0.1, 0.15) is 12.3 Å². The van der Waals surface area contributed by atoms with Gasteiger partial charge >= 0.3 is 0 Å². The first-order valence-corrected chi connectivity index (χ1v) is 11.7. The third kappa shape index (κ3) is 4.12. The standard InChI is InChI=1S/C29H28N4O2/c1-18-12-13-25(20(3)15-18)33-21(4)16-24(31-33)27-22(5)30-28-26(11-8-14-32(28)29(27)34)35-17-23-10-7-6-9-19(23)2/h6-16H,17H2,1-5H3. The Labute approximate surface area is 204 Å². The third-order valence-electron chi connectivity index (χ3n) is 6.37. The van der Waals surface area contributed by atoms with E-state index in [9.17, 15) is 4.79 Å². The maximum atomic E-state index is 13.6. The number of hydrogen-bond acceptors (Lipinski definition) is 4. The van der Waals surface area contributed by atoms with Crippen LogP contribution in [0.4, 0.5) is 0 Å². The summed E-state index contributed by atoms with van der Waals surface area (Å²) in [6.07, 6.45) is 1.72. The molecule has 3 aromatic heterocycles. The molecular weight excluding hydrogens is 436 g/mol. The van der Waals surface area contributed by atoms with Crippen LogP contribution in [-0.4, -0.2) is 19.2 Å². The maximum Gasteiger partial charge on any atom is 0.267 e. The molecule has 0 bridgehead atoms. The smallest absolute Gasteiger partial charge is 0.267 e. The summed E-state index contributed by atoms with van der Waals surface area (Å²) < 4.78 is 9.53. The van der Waals surface area contributed by atoms with Crippen LogP contribution in [0.15, 0.2) is 71.7 Å². The number of benzene rings is 2. The fourth-order valence-electron chi connectivity index (χ4n) is 4.46. The zero-order chi connectivity index (χ0) is 24.7. The Morgan fingerprint density at radius 1 is 0.886 bits per heavy atom. The van der Waals surface area contributed by atoms with Crippen molar-refractivity contribution in [3.05, 3.63) is 111 Å². The zero-order valence-corrected chi connectivity index (χ0v) is 20.7. The third-order valence-corrected chi connectivity index (χ3v) is 6.37. The van der Waals surface area contributed by atoms with Crippen LogP contribution in [-0.2, 0) is 6.61 Å². The Kier molecular flexibility index (Phi) is 5.73. The van der Waals surface area contributed by atoms with Crippen molar-refractivity contribution >= 4 is 5.65 Å². The van der Waals surface area contributed by atoms with E-state index in [0.29, 0.717) is 35.0 Å². The number of aromatic nitrogens is 4. The van der Waals surface area contributed by atoms with Gasteiger partial charge in [0.2, 0.25) is 0 Å². The van der Waals surface area contributed by atoms with Gasteiger partial charge in [0.05, 0.1) is 16.9 Å². The van der Waals surface area contributed by atoms with Gasteiger partial charge < -0.3 is 4.74 Å². The van der Waals surface area contributed by atoms with Crippen molar-refractivity contribution in [1.82, 2.24) is 19.2 Å². The molecule has 0 unspecified atom stereocenters. The van der Waals surface area contributed by atoms with Crippen LogP contribution in [0, 0.1) is 34.6 Å². The minimum absolute atomic E-state index is 0.167. The van der Waals surface area contributed by atoms with Crippen molar-refractivity contribution in [1.29, 1.82) is 0 Å². The highest BCUT2D eigenvalue weighted by molar-refractivity contribution is 5.66. The van der Waals surface area contributed by atoms with Crippen molar-refractivity contribution in [2.45, 2.75) is 41.2 Å². The van der Waals surface area contributed by atoms with Crippen LogP contribution >= 0.6 is 0 Å². The molecule has 0 aliphatic carbocycles. The molecule has 0 saturated heterocycles. The predicted octanol–water partition coefficient (Wildman–Crippen LogP) is 5.67. The van der Waals surface area contributed by atoms with E-state index in [-0.39, 0.29) is 5.56 Å². The quantitative estimate of drug-likeness (QED) is 0.336. The molecule has 5 aromatic rings. The summed E-state index contributed by atoms with van der Waals surface area (Å²) >= 11 is 0. The van der Waals surface area contributed by atoms with Crippen molar-refractivity contribution < 1.29 is 4.74 Å². The lowest BCUT2D eigenvalue weighted by molar-refractivity contribution is 0.307. The molecule has 0 N–H and O–H groups in total. The Morgan fingerprint density at radius 3 is 2.46 bits per heavy atom. The summed E-state index contributed by atoms with van der Waals surface area (Å²) in [5.74, 6) is 0.569. The molecule has 5 rings (SSSR count). The van der Waals surface area contributed by atoms with Crippen LogP contribution < -0.4 is 10.3 Å². The second kappa shape index (κ2) is 8.87. The lowest BCUT2D eigenvalue weighted by Crippen LogP contribution is -2.19. The molecule has 0 aliphatic rings. The zero-order valence-electron chi connectivity index (χ0n) is 20.7. The highest BCUT2D eigenvalue weighted by atomic mass is 16.5. The van der Waals surface area contributed by atoms with Crippen molar-refractivity contribution in [2.24, 2.45) is 0 Å². The first-order chi connectivity index (χ1) is 16.8. The number of pyridine rings is 1. The molecule has 2 aromatic carbocycles. The minimum atomic E-state index is -0.167. The molecule has 0 radical (unpaired) electrons. The average Bonchev–Trinajstić information content (AvgIpc) is 3.19. The van der Waals surface area contributed by atoms with Crippen molar-refractivity contribution in [2.75, 3.05) is 0 Å². The van der Waals surface area contributed by atoms with E-state index in [1.54, 1.807) is 10.6 Å². The monoisotopic (exact) mass is 464 g/mol. The van der Waals surface area contributed by atoms with E-state index in [4.69, 9.17) is 14.8 Å². The van der Waals surface area contributed by atoms with Crippen molar-refractivity contribution in [3.8, 4) is 22.7 Å². The fraction of sp³-hybridized carbons (Fsp3) is 0.207. The van der Waals surface area contributed by atoms with E-state index < -0.39 is 0 Å². The van der Waals surface area contributed by atoms with Gasteiger partial charge in [-0.3, -0.25) is 9.20 Å². The van der Waals surface area contributed by atoms with Crippen LogP contribution in [0.2, 0.25) is 0 Å².